The van der Waals surface area contributed by atoms with Crippen molar-refractivity contribution < 1.29 is 0 Å². The van der Waals surface area contributed by atoms with Crippen LogP contribution in [-0.4, -0.2) is 25.0 Å². The van der Waals surface area contributed by atoms with Crippen molar-refractivity contribution in [3.63, 3.8) is 0 Å². The van der Waals surface area contributed by atoms with E-state index in [1.54, 1.807) is 0 Å². The van der Waals surface area contributed by atoms with E-state index in [2.05, 4.69) is 41.0 Å². The molecule has 1 atom stereocenters. The molecule has 1 saturated carbocycles. The number of amidine groups is 1. The summed E-state index contributed by atoms with van der Waals surface area (Å²) in [5.74, 6) is 1.15. The molecule has 1 aromatic carbocycles. The first-order valence-electron chi connectivity index (χ1n) is 8.03. The van der Waals surface area contributed by atoms with Crippen molar-refractivity contribution >= 4 is 5.84 Å². The molecule has 1 fully saturated rings. The van der Waals surface area contributed by atoms with E-state index in [0.717, 1.165) is 18.9 Å². The topological polar surface area (TPSA) is 36.4 Å². The highest BCUT2D eigenvalue weighted by atomic mass is 15.1. The molecule has 0 radical (unpaired) electrons. The van der Waals surface area contributed by atoms with Gasteiger partial charge in [-0.1, -0.05) is 56.0 Å². The first kappa shape index (κ1) is 13.6. The van der Waals surface area contributed by atoms with Gasteiger partial charge in [0.05, 0.1) is 12.6 Å². The lowest BCUT2D eigenvalue weighted by Crippen LogP contribution is -2.46. The summed E-state index contributed by atoms with van der Waals surface area (Å²) in [5, 5.41) is 7.33. The van der Waals surface area contributed by atoms with Crippen LogP contribution in [0.2, 0.25) is 0 Å². The molecule has 2 aliphatic rings. The molecule has 108 valence electrons. The van der Waals surface area contributed by atoms with E-state index in [9.17, 15) is 0 Å². The van der Waals surface area contributed by atoms with E-state index in [1.165, 1.54) is 44.1 Å². The second-order valence-electron chi connectivity index (χ2n) is 5.90. The normalized spacial score (nSPS) is 24.8. The second-order valence-corrected chi connectivity index (χ2v) is 5.90. The summed E-state index contributed by atoms with van der Waals surface area (Å²) in [7, 11) is 0. The van der Waals surface area contributed by atoms with Crippen LogP contribution < -0.4 is 10.6 Å². The molecule has 0 bridgehead atoms. The van der Waals surface area contributed by atoms with Crippen molar-refractivity contribution in [2.24, 2.45) is 4.99 Å². The molecule has 0 unspecified atom stereocenters. The van der Waals surface area contributed by atoms with Gasteiger partial charge >= 0.3 is 0 Å². The van der Waals surface area contributed by atoms with E-state index in [1.807, 2.05) is 0 Å². The molecule has 0 spiro atoms. The van der Waals surface area contributed by atoms with Gasteiger partial charge in [-0.25, -0.2) is 0 Å². The summed E-state index contributed by atoms with van der Waals surface area (Å²) in [4.78, 5) is 4.76. The zero-order valence-corrected chi connectivity index (χ0v) is 12.1. The molecular formula is C17H25N3. The van der Waals surface area contributed by atoms with Gasteiger partial charge in [0.2, 0.25) is 0 Å². The van der Waals surface area contributed by atoms with E-state index in [-0.39, 0.29) is 6.04 Å². The van der Waals surface area contributed by atoms with Gasteiger partial charge in [0.15, 0.2) is 0 Å². The van der Waals surface area contributed by atoms with Crippen molar-refractivity contribution in [1.82, 2.24) is 10.6 Å². The molecule has 1 heterocycles. The molecule has 1 aliphatic heterocycles. The van der Waals surface area contributed by atoms with Crippen LogP contribution in [-0.2, 0) is 0 Å². The minimum Gasteiger partial charge on any atom is -0.370 e. The fourth-order valence-electron chi connectivity index (χ4n) is 3.26. The molecule has 2 N–H and O–H groups in total. The summed E-state index contributed by atoms with van der Waals surface area (Å²) in [5.41, 5.74) is 1.31. The highest BCUT2D eigenvalue weighted by molar-refractivity contribution is 5.89. The Morgan fingerprint density at radius 1 is 1.00 bits per heavy atom. The molecule has 3 rings (SSSR count). The number of benzene rings is 1. The van der Waals surface area contributed by atoms with Gasteiger partial charge in [0.1, 0.15) is 5.84 Å². The monoisotopic (exact) mass is 271 g/mol. The van der Waals surface area contributed by atoms with Crippen LogP contribution >= 0.6 is 0 Å². The van der Waals surface area contributed by atoms with Gasteiger partial charge in [-0.3, -0.25) is 4.99 Å². The zero-order valence-electron chi connectivity index (χ0n) is 12.1. The van der Waals surface area contributed by atoms with Crippen LogP contribution in [0.4, 0.5) is 0 Å². The third-order valence-corrected chi connectivity index (χ3v) is 4.36. The van der Waals surface area contributed by atoms with Crippen LogP contribution in [0, 0.1) is 0 Å². The maximum atomic E-state index is 4.76. The SMILES string of the molecule is c1ccc([C@H]2NCCN=C2NC2CCCCCC2)cc1. The largest absolute Gasteiger partial charge is 0.370 e. The number of hydrogen-bond acceptors (Lipinski definition) is 3. The molecule has 0 aromatic heterocycles. The molecule has 0 amide bonds. The molecule has 0 saturated heterocycles. The Bertz CT molecular complexity index is 433. The third kappa shape index (κ3) is 3.40. The number of rotatable bonds is 2. The number of aliphatic imine (C=N–C) groups is 1. The quantitative estimate of drug-likeness (QED) is 0.811. The number of hydrogen-bond donors (Lipinski definition) is 2. The lowest BCUT2D eigenvalue weighted by Gasteiger charge is -2.29. The predicted octanol–water partition coefficient (Wildman–Crippen LogP) is 3.04. The van der Waals surface area contributed by atoms with E-state index in [0.29, 0.717) is 6.04 Å². The van der Waals surface area contributed by atoms with Crippen molar-refractivity contribution in [3.8, 4) is 0 Å². The minimum atomic E-state index is 0.244. The van der Waals surface area contributed by atoms with Crippen molar-refractivity contribution in [1.29, 1.82) is 0 Å². The van der Waals surface area contributed by atoms with Crippen LogP contribution in [0.3, 0.4) is 0 Å². The third-order valence-electron chi connectivity index (χ3n) is 4.36. The molecule has 3 heteroatoms. The summed E-state index contributed by atoms with van der Waals surface area (Å²) >= 11 is 0. The van der Waals surface area contributed by atoms with Crippen LogP contribution in [0.5, 0.6) is 0 Å². The summed E-state index contributed by atoms with van der Waals surface area (Å²) in [6.45, 7) is 1.85. The number of nitrogens with zero attached hydrogens (tertiary/aromatic N) is 1. The van der Waals surface area contributed by atoms with Gasteiger partial charge < -0.3 is 10.6 Å². The van der Waals surface area contributed by atoms with Gasteiger partial charge in [-0.15, -0.1) is 0 Å². The fourth-order valence-corrected chi connectivity index (χ4v) is 3.26. The number of nitrogens with one attached hydrogen (secondary N) is 2. The Morgan fingerprint density at radius 3 is 2.50 bits per heavy atom. The predicted molar refractivity (Wildman–Crippen MR) is 84.1 cm³/mol. The lowest BCUT2D eigenvalue weighted by molar-refractivity contribution is 0.506. The second kappa shape index (κ2) is 6.89. The first-order chi connectivity index (χ1) is 9.93. The molecule has 1 aromatic rings. The van der Waals surface area contributed by atoms with Crippen molar-refractivity contribution in [2.75, 3.05) is 13.1 Å². The Morgan fingerprint density at radius 2 is 1.75 bits per heavy atom. The molecule has 20 heavy (non-hydrogen) atoms. The maximum Gasteiger partial charge on any atom is 0.118 e. The highest BCUT2D eigenvalue weighted by Crippen LogP contribution is 2.20. The van der Waals surface area contributed by atoms with Gasteiger partial charge in [-0.2, -0.15) is 0 Å². The van der Waals surface area contributed by atoms with Gasteiger partial charge in [0, 0.05) is 12.6 Å². The molecular weight excluding hydrogens is 246 g/mol. The van der Waals surface area contributed by atoms with E-state index >= 15 is 0 Å². The minimum absolute atomic E-state index is 0.244. The maximum absolute atomic E-state index is 4.76. The molecule has 3 nitrogen and oxygen atoms in total. The summed E-state index contributed by atoms with van der Waals surface area (Å²) < 4.78 is 0. The van der Waals surface area contributed by atoms with Gasteiger partial charge in [0.25, 0.3) is 0 Å². The van der Waals surface area contributed by atoms with Crippen LogP contribution in [0.1, 0.15) is 50.1 Å². The zero-order chi connectivity index (χ0) is 13.6. The summed E-state index contributed by atoms with van der Waals surface area (Å²) in [6.07, 6.45) is 8.08. The van der Waals surface area contributed by atoms with Crippen molar-refractivity contribution in [2.45, 2.75) is 50.6 Å². The fraction of sp³-hybridized carbons (Fsp3) is 0.588. The Balaban J connectivity index is 1.70. The summed E-state index contributed by atoms with van der Waals surface area (Å²) in [6, 6.07) is 11.5. The highest BCUT2D eigenvalue weighted by Gasteiger charge is 2.23. The lowest BCUT2D eigenvalue weighted by atomic mass is 10.0. The first-order valence-corrected chi connectivity index (χ1v) is 8.03. The average molecular weight is 271 g/mol. The van der Waals surface area contributed by atoms with Crippen LogP contribution in [0.25, 0.3) is 0 Å². The Kier molecular flexibility index (Phi) is 4.69. The Labute approximate surface area is 121 Å². The van der Waals surface area contributed by atoms with Gasteiger partial charge in [-0.05, 0) is 18.4 Å². The smallest absolute Gasteiger partial charge is 0.118 e. The standard InChI is InChI=1S/C17H25N3/c1-2-7-11-15(10-6-1)20-17-16(18-12-13-19-17)14-8-4-3-5-9-14/h3-5,8-9,15-16,18H,1-2,6-7,10-13H2,(H,19,20)/t16-/m1/s1. The van der Waals surface area contributed by atoms with Crippen LogP contribution in [0.15, 0.2) is 35.3 Å². The molecule has 1 aliphatic carbocycles. The average Bonchev–Trinajstić information content (AvgIpc) is 2.77. The van der Waals surface area contributed by atoms with E-state index < -0.39 is 0 Å². The van der Waals surface area contributed by atoms with Crippen molar-refractivity contribution in [3.05, 3.63) is 35.9 Å². The van der Waals surface area contributed by atoms with E-state index in [4.69, 9.17) is 4.99 Å². The Hall–Kier alpha value is -1.35.